The molecule has 2 rings (SSSR count). The van der Waals surface area contributed by atoms with Gasteiger partial charge in [0.2, 0.25) is 0 Å². The molecule has 80 valence electrons. The van der Waals surface area contributed by atoms with Gasteiger partial charge in [0.25, 0.3) is 0 Å². The number of methoxy groups -OCH3 is 1. The third kappa shape index (κ3) is 2.08. The number of benzene rings is 1. The van der Waals surface area contributed by atoms with Crippen molar-refractivity contribution in [1.82, 2.24) is 4.98 Å². The molecule has 1 heterocycles. The average Bonchev–Trinajstić information content (AvgIpc) is 2.39. The molecule has 0 amide bonds. The Balaban J connectivity index is 2.45. The molecule has 0 saturated heterocycles. The van der Waals surface area contributed by atoms with Gasteiger partial charge >= 0.3 is 0 Å². The summed E-state index contributed by atoms with van der Waals surface area (Å²) in [4.78, 5) is 14.9. The van der Waals surface area contributed by atoms with E-state index in [1.54, 1.807) is 25.4 Å². The van der Waals surface area contributed by atoms with Crippen LogP contribution in [0.2, 0.25) is 0 Å². The van der Waals surface area contributed by atoms with Crippen molar-refractivity contribution in [3.63, 3.8) is 0 Å². The Labute approximate surface area is 93.7 Å². The van der Waals surface area contributed by atoms with Crippen molar-refractivity contribution < 1.29 is 9.53 Å². The van der Waals surface area contributed by atoms with Gasteiger partial charge in [-0.2, -0.15) is 0 Å². The van der Waals surface area contributed by atoms with E-state index < -0.39 is 0 Å². The molecule has 0 aliphatic heterocycles. The van der Waals surface area contributed by atoms with Gasteiger partial charge in [-0.15, -0.1) is 0 Å². The fourth-order valence-electron chi connectivity index (χ4n) is 1.46. The maximum absolute atomic E-state index is 10.7. The molecule has 1 aromatic heterocycles. The molecule has 0 bridgehead atoms. The first-order valence-electron chi connectivity index (χ1n) is 4.89. The van der Waals surface area contributed by atoms with E-state index >= 15 is 0 Å². The first-order valence-corrected chi connectivity index (χ1v) is 4.89. The van der Waals surface area contributed by atoms with Crippen molar-refractivity contribution in [2.75, 3.05) is 7.11 Å². The normalized spacial score (nSPS) is 9.81. The van der Waals surface area contributed by atoms with Crippen LogP contribution in [0.25, 0.3) is 11.3 Å². The Morgan fingerprint density at radius 2 is 2.12 bits per heavy atom. The van der Waals surface area contributed by atoms with Gasteiger partial charge in [0.1, 0.15) is 12.0 Å². The monoisotopic (exact) mass is 213 g/mol. The van der Waals surface area contributed by atoms with Gasteiger partial charge in [-0.1, -0.05) is 12.1 Å². The molecule has 0 radical (unpaired) electrons. The highest BCUT2D eigenvalue weighted by molar-refractivity contribution is 5.77. The number of hydrogen-bond acceptors (Lipinski definition) is 3. The molecule has 0 atom stereocenters. The highest BCUT2D eigenvalue weighted by Gasteiger charge is 2.01. The molecule has 16 heavy (non-hydrogen) atoms. The van der Waals surface area contributed by atoms with Crippen LogP contribution < -0.4 is 4.74 Å². The predicted molar refractivity (Wildman–Crippen MR) is 61.6 cm³/mol. The van der Waals surface area contributed by atoms with Gasteiger partial charge in [-0.3, -0.25) is 9.78 Å². The largest absolute Gasteiger partial charge is 0.497 e. The SMILES string of the molecule is COc1cccc(-c2cc(C=O)ccn2)c1. The van der Waals surface area contributed by atoms with E-state index in [4.69, 9.17) is 4.74 Å². The smallest absolute Gasteiger partial charge is 0.150 e. The second-order valence-electron chi connectivity index (χ2n) is 3.32. The van der Waals surface area contributed by atoms with Crippen LogP contribution in [0.15, 0.2) is 42.6 Å². The summed E-state index contributed by atoms with van der Waals surface area (Å²) in [5, 5.41) is 0. The summed E-state index contributed by atoms with van der Waals surface area (Å²) >= 11 is 0. The molecule has 1 aromatic carbocycles. The van der Waals surface area contributed by atoms with Crippen LogP contribution in [-0.4, -0.2) is 18.4 Å². The standard InChI is InChI=1S/C13H11NO2/c1-16-12-4-2-3-11(8-12)13-7-10(9-15)5-6-14-13/h2-9H,1H3. The number of ether oxygens (including phenoxy) is 1. The fourth-order valence-corrected chi connectivity index (χ4v) is 1.46. The maximum atomic E-state index is 10.7. The maximum Gasteiger partial charge on any atom is 0.150 e. The zero-order chi connectivity index (χ0) is 11.4. The Morgan fingerprint density at radius 3 is 2.88 bits per heavy atom. The summed E-state index contributed by atoms with van der Waals surface area (Å²) in [5.74, 6) is 0.774. The number of carbonyl (C=O) groups is 1. The van der Waals surface area contributed by atoms with E-state index in [0.717, 1.165) is 23.3 Å². The molecule has 2 aromatic rings. The lowest BCUT2D eigenvalue weighted by molar-refractivity contribution is 0.112. The minimum absolute atomic E-state index is 0.618. The van der Waals surface area contributed by atoms with Crippen molar-refractivity contribution in [2.24, 2.45) is 0 Å². The number of hydrogen-bond donors (Lipinski definition) is 0. The molecule has 0 spiro atoms. The second-order valence-corrected chi connectivity index (χ2v) is 3.32. The van der Waals surface area contributed by atoms with Crippen LogP contribution in [0.1, 0.15) is 10.4 Å². The lowest BCUT2D eigenvalue weighted by atomic mass is 10.1. The summed E-state index contributed by atoms with van der Waals surface area (Å²) in [6, 6.07) is 11.0. The minimum atomic E-state index is 0.618. The minimum Gasteiger partial charge on any atom is -0.497 e. The molecule has 0 saturated carbocycles. The number of pyridine rings is 1. The van der Waals surface area contributed by atoms with Crippen molar-refractivity contribution in [3.05, 3.63) is 48.2 Å². The van der Waals surface area contributed by atoms with Gasteiger partial charge in [0.05, 0.1) is 12.8 Å². The molecule has 0 unspecified atom stereocenters. The van der Waals surface area contributed by atoms with Crippen molar-refractivity contribution in [2.45, 2.75) is 0 Å². The Bertz CT molecular complexity index is 509. The van der Waals surface area contributed by atoms with E-state index in [0.29, 0.717) is 5.56 Å². The summed E-state index contributed by atoms with van der Waals surface area (Å²) in [7, 11) is 1.62. The van der Waals surface area contributed by atoms with Crippen molar-refractivity contribution >= 4 is 6.29 Å². The van der Waals surface area contributed by atoms with Crippen molar-refractivity contribution in [3.8, 4) is 17.0 Å². The van der Waals surface area contributed by atoms with Crippen LogP contribution >= 0.6 is 0 Å². The Morgan fingerprint density at radius 1 is 1.25 bits per heavy atom. The molecular formula is C13H11NO2. The summed E-state index contributed by atoms with van der Waals surface area (Å²) in [6.45, 7) is 0. The average molecular weight is 213 g/mol. The lowest BCUT2D eigenvalue weighted by Gasteiger charge is -2.04. The first kappa shape index (κ1) is 10.4. The molecule has 3 nitrogen and oxygen atoms in total. The van der Waals surface area contributed by atoms with Crippen LogP contribution in [-0.2, 0) is 0 Å². The third-order valence-electron chi connectivity index (χ3n) is 2.29. The lowest BCUT2D eigenvalue weighted by Crippen LogP contribution is -1.88. The number of nitrogens with zero attached hydrogens (tertiary/aromatic N) is 1. The quantitative estimate of drug-likeness (QED) is 0.735. The number of carbonyl (C=O) groups excluding carboxylic acids is 1. The third-order valence-corrected chi connectivity index (χ3v) is 2.29. The van der Waals surface area contributed by atoms with Crippen LogP contribution in [0.4, 0.5) is 0 Å². The fraction of sp³-hybridized carbons (Fsp3) is 0.0769. The van der Waals surface area contributed by atoms with Gasteiger partial charge in [-0.05, 0) is 24.3 Å². The van der Waals surface area contributed by atoms with E-state index in [1.165, 1.54) is 0 Å². The van der Waals surface area contributed by atoms with Gasteiger partial charge in [0, 0.05) is 17.3 Å². The van der Waals surface area contributed by atoms with Crippen LogP contribution in [0.5, 0.6) is 5.75 Å². The molecule has 0 fully saturated rings. The molecule has 3 heteroatoms. The highest BCUT2D eigenvalue weighted by Crippen LogP contribution is 2.22. The zero-order valence-electron chi connectivity index (χ0n) is 8.88. The first-order chi connectivity index (χ1) is 7.83. The van der Waals surface area contributed by atoms with E-state index in [2.05, 4.69) is 4.98 Å². The van der Waals surface area contributed by atoms with Gasteiger partial charge < -0.3 is 4.74 Å². The van der Waals surface area contributed by atoms with Crippen molar-refractivity contribution in [1.29, 1.82) is 0 Å². The summed E-state index contributed by atoms with van der Waals surface area (Å²) < 4.78 is 5.14. The van der Waals surface area contributed by atoms with Gasteiger partial charge in [-0.25, -0.2) is 0 Å². The topological polar surface area (TPSA) is 39.2 Å². The number of aromatic nitrogens is 1. The van der Waals surface area contributed by atoms with Crippen LogP contribution in [0.3, 0.4) is 0 Å². The predicted octanol–water partition coefficient (Wildman–Crippen LogP) is 2.57. The van der Waals surface area contributed by atoms with Gasteiger partial charge in [0.15, 0.2) is 0 Å². The number of aldehydes is 1. The van der Waals surface area contributed by atoms with Crippen LogP contribution in [0, 0.1) is 0 Å². The summed E-state index contributed by atoms with van der Waals surface area (Å²) in [5.41, 5.74) is 2.32. The number of rotatable bonds is 3. The highest BCUT2D eigenvalue weighted by atomic mass is 16.5. The molecular weight excluding hydrogens is 202 g/mol. The van der Waals surface area contributed by atoms with E-state index in [9.17, 15) is 4.79 Å². The Hall–Kier alpha value is -2.16. The van der Waals surface area contributed by atoms with E-state index in [-0.39, 0.29) is 0 Å². The molecule has 0 N–H and O–H groups in total. The molecule has 0 aliphatic carbocycles. The second kappa shape index (κ2) is 4.57. The summed E-state index contributed by atoms with van der Waals surface area (Å²) in [6.07, 6.45) is 2.43. The zero-order valence-corrected chi connectivity index (χ0v) is 8.88. The Kier molecular flexibility index (Phi) is 2.96. The molecule has 0 aliphatic rings. The van der Waals surface area contributed by atoms with E-state index in [1.807, 2.05) is 24.3 Å².